The lowest BCUT2D eigenvalue weighted by molar-refractivity contribution is 0.319. The average molecular weight is 234 g/mol. The first-order valence-electron chi connectivity index (χ1n) is 6.55. The first kappa shape index (κ1) is 12.1. The van der Waals surface area contributed by atoms with Crippen LogP contribution in [0.3, 0.4) is 0 Å². The summed E-state index contributed by atoms with van der Waals surface area (Å²) < 4.78 is 5.61. The van der Waals surface area contributed by atoms with Gasteiger partial charge in [0.15, 0.2) is 0 Å². The van der Waals surface area contributed by atoms with E-state index in [4.69, 9.17) is 10.5 Å². The Morgan fingerprint density at radius 1 is 1.41 bits per heavy atom. The lowest BCUT2D eigenvalue weighted by Crippen LogP contribution is -2.20. The van der Waals surface area contributed by atoms with Crippen molar-refractivity contribution in [1.29, 1.82) is 0 Å². The van der Waals surface area contributed by atoms with E-state index in [1.165, 1.54) is 19.3 Å². The van der Waals surface area contributed by atoms with Gasteiger partial charge in [0.25, 0.3) is 0 Å². The van der Waals surface area contributed by atoms with Crippen LogP contribution in [-0.2, 0) is 0 Å². The number of nitrogens with two attached hydrogens (primary N) is 1. The molecule has 0 aliphatic heterocycles. The second-order valence-corrected chi connectivity index (χ2v) is 4.78. The SMILES string of the molecule is CCCOc1cc(NCC2CCC2)ccc1N. The van der Waals surface area contributed by atoms with Crippen molar-refractivity contribution in [2.75, 3.05) is 24.2 Å². The van der Waals surface area contributed by atoms with Gasteiger partial charge in [-0.15, -0.1) is 0 Å². The number of hydrogen-bond acceptors (Lipinski definition) is 3. The van der Waals surface area contributed by atoms with E-state index in [-0.39, 0.29) is 0 Å². The van der Waals surface area contributed by atoms with E-state index in [0.29, 0.717) is 5.69 Å². The summed E-state index contributed by atoms with van der Waals surface area (Å²) in [5, 5.41) is 3.46. The zero-order chi connectivity index (χ0) is 12.1. The van der Waals surface area contributed by atoms with E-state index in [1.54, 1.807) is 0 Å². The summed E-state index contributed by atoms with van der Waals surface area (Å²) in [6.07, 6.45) is 5.11. The number of rotatable bonds is 6. The summed E-state index contributed by atoms with van der Waals surface area (Å²) in [6.45, 7) is 3.88. The van der Waals surface area contributed by atoms with Gasteiger partial charge in [-0.25, -0.2) is 0 Å². The maximum absolute atomic E-state index is 5.87. The molecule has 2 rings (SSSR count). The quantitative estimate of drug-likeness (QED) is 0.743. The van der Waals surface area contributed by atoms with Gasteiger partial charge >= 0.3 is 0 Å². The smallest absolute Gasteiger partial charge is 0.144 e. The first-order chi connectivity index (χ1) is 8.29. The molecule has 1 fully saturated rings. The molecule has 0 amide bonds. The van der Waals surface area contributed by atoms with E-state index in [9.17, 15) is 0 Å². The van der Waals surface area contributed by atoms with Crippen molar-refractivity contribution in [1.82, 2.24) is 0 Å². The highest BCUT2D eigenvalue weighted by Gasteiger charge is 2.16. The molecule has 3 heteroatoms. The Hall–Kier alpha value is -1.38. The van der Waals surface area contributed by atoms with Crippen LogP contribution in [0.1, 0.15) is 32.6 Å². The molecule has 1 aromatic carbocycles. The largest absolute Gasteiger partial charge is 0.491 e. The van der Waals surface area contributed by atoms with Crippen molar-refractivity contribution >= 4 is 11.4 Å². The number of anilines is 2. The Bertz CT molecular complexity index is 361. The maximum Gasteiger partial charge on any atom is 0.144 e. The Kier molecular flexibility index (Phi) is 4.13. The summed E-state index contributed by atoms with van der Waals surface area (Å²) in [5.41, 5.74) is 7.69. The topological polar surface area (TPSA) is 47.3 Å². The average Bonchev–Trinajstić information content (AvgIpc) is 2.27. The normalized spacial score (nSPS) is 15.4. The van der Waals surface area contributed by atoms with Gasteiger partial charge in [-0.1, -0.05) is 13.3 Å². The van der Waals surface area contributed by atoms with Crippen LogP contribution >= 0.6 is 0 Å². The van der Waals surface area contributed by atoms with Gasteiger partial charge in [0.05, 0.1) is 12.3 Å². The fourth-order valence-electron chi connectivity index (χ4n) is 1.94. The molecule has 1 saturated carbocycles. The van der Waals surface area contributed by atoms with Crippen LogP contribution < -0.4 is 15.8 Å². The molecule has 3 nitrogen and oxygen atoms in total. The Labute approximate surface area is 103 Å². The van der Waals surface area contributed by atoms with E-state index < -0.39 is 0 Å². The standard InChI is InChI=1S/C14H22N2O/c1-2-8-17-14-9-12(6-7-13(14)15)16-10-11-4-3-5-11/h6-7,9,11,16H,2-5,8,10,15H2,1H3. The Morgan fingerprint density at radius 2 is 2.24 bits per heavy atom. The van der Waals surface area contributed by atoms with Crippen LogP contribution in [0.25, 0.3) is 0 Å². The van der Waals surface area contributed by atoms with Gasteiger partial charge < -0.3 is 15.8 Å². The molecule has 0 saturated heterocycles. The Balaban J connectivity index is 1.91. The van der Waals surface area contributed by atoms with Crippen LogP contribution in [0.2, 0.25) is 0 Å². The zero-order valence-corrected chi connectivity index (χ0v) is 10.5. The van der Waals surface area contributed by atoms with Crippen LogP contribution in [0.15, 0.2) is 18.2 Å². The minimum absolute atomic E-state index is 0.715. The van der Waals surface area contributed by atoms with Crippen molar-refractivity contribution in [3.05, 3.63) is 18.2 Å². The molecule has 94 valence electrons. The summed E-state index contributed by atoms with van der Waals surface area (Å²) in [7, 11) is 0. The highest BCUT2D eigenvalue weighted by Crippen LogP contribution is 2.29. The number of ether oxygens (including phenoxy) is 1. The molecule has 0 radical (unpaired) electrons. The van der Waals surface area contributed by atoms with Gasteiger partial charge in [0, 0.05) is 18.3 Å². The van der Waals surface area contributed by atoms with Gasteiger partial charge in [0.2, 0.25) is 0 Å². The van der Waals surface area contributed by atoms with Crippen LogP contribution in [0, 0.1) is 5.92 Å². The van der Waals surface area contributed by atoms with Gasteiger partial charge in [0.1, 0.15) is 5.75 Å². The lowest BCUT2D eigenvalue weighted by Gasteiger charge is -2.26. The van der Waals surface area contributed by atoms with Gasteiger partial charge in [-0.3, -0.25) is 0 Å². The highest BCUT2D eigenvalue weighted by atomic mass is 16.5. The van der Waals surface area contributed by atoms with Crippen LogP contribution in [-0.4, -0.2) is 13.2 Å². The van der Waals surface area contributed by atoms with Crippen molar-refractivity contribution in [2.45, 2.75) is 32.6 Å². The van der Waals surface area contributed by atoms with Crippen molar-refractivity contribution in [2.24, 2.45) is 5.92 Å². The molecule has 0 heterocycles. The maximum atomic E-state index is 5.87. The number of hydrogen-bond donors (Lipinski definition) is 2. The van der Waals surface area contributed by atoms with E-state index >= 15 is 0 Å². The van der Waals surface area contributed by atoms with E-state index in [1.807, 2.05) is 18.2 Å². The monoisotopic (exact) mass is 234 g/mol. The van der Waals surface area contributed by atoms with E-state index in [0.717, 1.165) is 36.9 Å². The Morgan fingerprint density at radius 3 is 2.88 bits per heavy atom. The molecule has 3 N–H and O–H groups in total. The van der Waals surface area contributed by atoms with Crippen molar-refractivity contribution < 1.29 is 4.74 Å². The molecule has 1 aliphatic carbocycles. The van der Waals surface area contributed by atoms with Crippen LogP contribution in [0.5, 0.6) is 5.75 Å². The second kappa shape index (κ2) is 5.80. The third-order valence-corrected chi connectivity index (χ3v) is 3.29. The first-order valence-corrected chi connectivity index (χ1v) is 6.55. The van der Waals surface area contributed by atoms with Crippen molar-refractivity contribution in [3.8, 4) is 5.75 Å². The molecule has 0 atom stereocenters. The summed E-state index contributed by atoms with van der Waals surface area (Å²) >= 11 is 0. The lowest BCUT2D eigenvalue weighted by atomic mass is 9.85. The second-order valence-electron chi connectivity index (χ2n) is 4.78. The number of nitrogens with one attached hydrogen (secondary N) is 1. The summed E-state index contributed by atoms with van der Waals surface area (Å²) in [5.74, 6) is 1.65. The van der Waals surface area contributed by atoms with Gasteiger partial charge in [-0.05, 0) is 37.3 Å². The molecule has 1 aliphatic rings. The summed E-state index contributed by atoms with van der Waals surface area (Å²) in [6, 6.07) is 5.94. The van der Waals surface area contributed by atoms with Crippen molar-refractivity contribution in [3.63, 3.8) is 0 Å². The fraction of sp³-hybridized carbons (Fsp3) is 0.571. The van der Waals surface area contributed by atoms with Gasteiger partial charge in [-0.2, -0.15) is 0 Å². The molecule has 17 heavy (non-hydrogen) atoms. The molecular weight excluding hydrogens is 212 g/mol. The third kappa shape index (κ3) is 3.29. The predicted octanol–water partition coefficient (Wildman–Crippen LogP) is 3.27. The third-order valence-electron chi connectivity index (χ3n) is 3.29. The number of benzene rings is 1. The minimum atomic E-state index is 0.715. The molecule has 0 spiro atoms. The van der Waals surface area contributed by atoms with E-state index in [2.05, 4.69) is 12.2 Å². The molecule has 0 unspecified atom stereocenters. The van der Waals surface area contributed by atoms with Crippen LogP contribution in [0.4, 0.5) is 11.4 Å². The fourth-order valence-corrected chi connectivity index (χ4v) is 1.94. The molecule has 0 bridgehead atoms. The number of nitrogen functional groups attached to an aromatic ring is 1. The summed E-state index contributed by atoms with van der Waals surface area (Å²) in [4.78, 5) is 0. The molecular formula is C14H22N2O. The minimum Gasteiger partial charge on any atom is -0.491 e. The molecule has 0 aromatic heterocycles. The predicted molar refractivity (Wildman–Crippen MR) is 72.5 cm³/mol. The highest BCUT2D eigenvalue weighted by molar-refractivity contribution is 5.61. The molecule has 1 aromatic rings. The zero-order valence-electron chi connectivity index (χ0n) is 10.5.